The highest BCUT2D eigenvalue weighted by Gasteiger charge is 2.38. The van der Waals surface area contributed by atoms with E-state index in [1.54, 1.807) is 0 Å². The Hall–Kier alpha value is -4.54. The van der Waals surface area contributed by atoms with E-state index in [-0.39, 0.29) is 40.4 Å². The standard InChI is InChI=1S/C22H17FO10/c23-12-7-15(27)14(26)5-10(12)21-19(6-11-13(25)3-9(24)4-18(11)32-21)33-22(31)8-1-16(28)20(30)17(29)2-8/h1-5,7,19,21,24-30H,6H2/t19-,21+/m1/s1. The minimum absolute atomic E-state index is 0.0308. The van der Waals surface area contributed by atoms with Crippen molar-refractivity contribution >= 4 is 5.97 Å². The van der Waals surface area contributed by atoms with Crippen molar-refractivity contribution in [3.8, 4) is 46.0 Å². The van der Waals surface area contributed by atoms with Crippen LogP contribution >= 0.6 is 0 Å². The molecule has 1 aliphatic heterocycles. The Morgan fingerprint density at radius 1 is 0.848 bits per heavy atom. The minimum atomic E-state index is -1.39. The molecule has 10 nitrogen and oxygen atoms in total. The number of carbonyl (C=O) groups is 1. The number of halogens is 1. The first-order valence-corrected chi connectivity index (χ1v) is 9.44. The van der Waals surface area contributed by atoms with Gasteiger partial charge in [-0.1, -0.05) is 0 Å². The van der Waals surface area contributed by atoms with Gasteiger partial charge in [0.15, 0.2) is 34.9 Å². The third kappa shape index (κ3) is 3.91. The zero-order valence-electron chi connectivity index (χ0n) is 16.6. The third-order valence-corrected chi connectivity index (χ3v) is 5.13. The van der Waals surface area contributed by atoms with Gasteiger partial charge in [0.2, 0.25) is 0 Å². The summed E-state index contributed by atoms with van der Waals surface area (Å²) in [5, 5.41) is 68.1. The maximum atomic E-state index is 14.6. The average Bonchev–Trinajstić information content (AvgIpc) is 2.74. The summed E-state index contributed by atoms with van der Waals surface area (Å²) >= 11 is 0. The van der Waals surface area contributed by atoms with E-state index in [1.807, 2.05) is 0 Å². The molecule has 0 radical (unpaired) electrons. The number of hydrogen-bond acceptors (Lipinski definition) is 10. The first kappa shape index (κ1) is 21.7. The molecule has 0 aliphatic carbocycles. The smallest absolute Gasteiger partial charge is 0.338 e. The van der Waals surface area contributed by atoms with Gasteiger partial charge >= 0.3 is 5.97 Å². The predicted molar refractivity (Wildman–Crippen MR) is 107 cm³/mol. The molecule has 0 aromatic heterocycles. The third-order valence-electron chi connectivity index (χ3n) is 5.13. The molecule has 172 valence electrons. The van der Waals surface area contributed by atoms with Crippen LogP contribution in [-0.2, 0) is 11.2 Å². The summed E-state index contributed by atoms with van der Waals surface area (Å²) in [5.41, 5.74) is -0.508. The zero-order valence-corrected chi connectivity index (χ0v) is 16.6. The summed E-state index contributed by atoms with van der Waals surface area (Å²) in [7, 11) is 0. The van der Waals surface area contributed by atoms with Crippen LogP contribution in [0.3, 0.4) is 0 Å². The molecular formula is C22H17FO10. The van der Waals surface area contributed by atoms with Crippen molar-refractivity contribution < 1.29 is 54.4 Å². The molecule has 0 bridgehead atoms. The van der Waals surface area contributed by atoms with Crippen LogP contribution in [0, 0.1) is 5.82 Å². The number of rotatable bonds is 3. The van der Waals surface area contributed by atoms with Crippen LogP contribution in [0.1, 0.15) is 27.6 Å². The molecule has 4 rings (SSSR count). The van der Waals surface area contributed by atoms with Crippen molar-refractivity contribution in [2.45, 2.75) is 18.6 Å². The fourth-order valence-electron chi connectivity index (χ4n) is 3.53. The monoisotopic (exact) mass is 460 g/mol. The number of ether oxygens (including phenoxy) is 2. The lowest BCUT2D eigenvalue weighted by Crippen LogP contribution is -2.35. The molecule has 3 aromatic carbocycles. The number of carbonyl (C=O) groups excluding carboxylic acids is 1. The van der Waals surface area contributed by atoms with Gasteiger partial charge in [0.25, 0.3) is 0 Å². The molecule has 0 saturated heterocycles. The van der Waals surface area contributed by atoms with Crippen molar-refractivity contribution in [3.05, 3.63) is 58.9 Å². The van der Waals surface area contributed by atoms with Gasteiger partial charge in [0.05, 0.1) is 5.56 Å². The van der Waals surface area contributed by atoms with Crippen LogP contribution in [0.25, 0.3) is 0 Å². The second-order valence-electron chi connectivity index (χ2n) is 7.35. The fourth-order valence-corrected chi connectivity index (χ4v) is 3.53. The molecule has 33 heavy (non-hydrogen) atoms. The van der Waals surface area contributed by atoms with Gasteiger partial charge in [-0.3, -0.25) is 0 Å². The molecule has 0 fully saturated rings. The summed E-state index contributed by atoms with van der Waals surface area (Å²) < 4.78 is 25.8. The molecule has 2 atom stereocenters. The lowest BCUT2D eigenvalue weighted by Gasteiger charge is -2.34. The van der Waals surface area contributed by atoms with E-state index in [4.69, 9.17) is 9.47 Å². The molecule has 11 heteroatoms. The van der Waals surface area contributed by atoms with Crippen LogP contribution in [0.4, 0.5) is 4.39 Å². The second kappa shape index (κ2) is 7.86. The molecule has 0 saturated carbocycles. The number of phenolic OH excluding ortho intramolecular Hbond substituents is 7. The largest absolute Gasteiger partial charge is 0.508 e. The topological polar surface area (TPSA) is 177 Å². The van der Waals surface area contributed by atoms with Crippen molar-refractivity contribution in [3.63, 3.8) is 0 Å². The van der Waals surface area contributed by atoms with Gasteiger partial charge in [0, 0.05) is 35.7 Å². The van der Waals surface area contributed by atoms with Crippen molar-refractivity contribution in [1.29, 1.82) is 0 Å². The quantitative estimate of drug-likeness (QED) is 0.227. The first-order chi connectivity index (χ1) is 15.5. The van der Waals surface area contributed by atoms with E-state index in [0.29, 0.717) is 6.07 Å². The van der Waals surface area contributed by atoms with Crippen molar-refractivity contribution in [1.82, 2.24) is 0 Å². The maximum absolute atomic E-state index is 14.6. The highest BCUT2D eigenvalue weighted by Crippen LogP contribution is 2.45. The van der Waals surface area contributed by atoms with Crippen LogP contribution < -0.4 is 4.74 Å². The van der Waals surface area contributed by atoms with Gasteiger partial charge < -0.3 is 45.2 Å². The predicted octanol–water partition coefficient (Wildman–Crippen LogP) is 2.67. The van der Waals surface area contributed by atoms with E-state index in [0.717, 1.165) is 30.3 Å². The van der Waals surface area contributed by atoms with Crippen LogP contribution in [0.5, 0.6) is 46.0 Å². The summed E-state index contributed by atoms with van der Waals surface area (Å²) in [6, 6.07) is 5.39. The molecule has 1 heterocycles. The lowest BCUT2D eigenvalue weighted by atomic mass is 9.93. The number of hydrogen-bond donors (Lipinski definition) is 7. The van der Waals surface area contributed by atoms with Gasteiger partial charge in [-0.25, -0.2) is 9.18 Å². The molecule has 0 amide bonds. The summed E-state index contributed by atoms with van der Waals surface area (Å²) in [6.07, 6.45) is -2.92. The molecule has 0 unspecified atom stereocenters. The van der Waals surface area contributed by atoms with Crippen LogP contribution in [0.2, 0.25) is 0 Å². The van der Waals surface area contributed by atoms with E-state index < -0.39 is 52.7 Å². The number of esters is 1. The maximum Gasteiger partial charge on any atom is 0.338 e. The van der Waals surface area contributed by atoms with Crippen LogP contribution in [-0.4, -0.2) is 47.8 Å². The Labute approximate surface area is 184 Å². The zero-order chi connectivity index (χ0) is 24.0. The van der Waals surface area contributed by atoms with Crippen molar-refractivity contribution in [2.75, 3.05) is 0 Å². The Morgan fingerprint density at radius 2 is 1.48 bits per heavy atom. The van der Waals surface area contributed by atoms with E-state index in [1.165, 1.54) is 0 Å². The molecule has 0 spiro atoms. The average molecular weight is 460 g/mol. The van der Waals surface area contributed by atoms with E-state index in [2.05, 4.69) is 0 Å². The van der Waals surface area contributed by atoms with Gasteiger partial charge in [0.1, 0.15) is 29.2 Å². The fraction of sp³-hybridized carbons (Fsp3) is 0.136. The molecule has 1 aliphatic rings. The Balaban J connectivity index is 1.76. The molecule has 7 N–H and O–H groups in total. The number of benzene rings is 3. The number of aromatic hydroxyl groups is 7. The number of phenols is 7. The Bertz CT molecular complexity index is 1250. The molecule has 3 aromatic rings. The van der Waals surface area contributed by atoms with E-state index >= 15 is 0 Å². The highest BCUT2D eigenvalue weighted by atomic mass is 19.1. The van der Waals surface area contributed by atoms with Gasteiger partial charge in [-0.15, -0.1) is 0 Å². The highest BCUT2D eigenvalue weighted by molar-refractivity contribution is 5.91. The summed E-state index contributed by atoms with van der Waals surface area (Å²) in [6.45, 7) is 0. The Kier molecular flexibility index (Phi) is 5.16. The van der Waals surface area contributed by atoms with Gasteiger partial charge in [-0.05, 0) is 18.2 Å². The molecular weight excluding hydrogens is 443 g/mol. The second-order valence-corrected chi connectivity index (χ2v) is 7.35. The Morgan fingerprint density at radius 3 is 2.15 bits per heavy atom. The van der Waals surface area contributed by atoms with Gasteiger partial charge in [-0.2, -0.15) is 0 Å². The van der Waals surface area contributed by atoms with E-state index in [9.17, 15) is 44.9 Å². The number of fused-ring (bicyclic) bond motifs is 1. The summed E-state index contributed by atoms with van der Waals surface area (Å²) in [5.74, 6) is -6.65. The van der Waals surface area contributed by atoms with Crippen LogP contribution in [0.15, 0.2) is 36.4 Å². The normalized spacial score (nSPS) is 17.1. The van der Waals surface area contributed by atoms with Crippen molar-refractivity contribution in [2.24, 2.45) is 0 Å². The SMILES string of the molecule is O=C(O[C@@H]1Cc2c(O)cc(O)cc2O[C@H]1c1cc(O)c(O)cc1F)c1cc(O)c(O)c(O)c1. The lowest BCUT2D eigenvalue weighted by molar-refractivity contribution is -0.0199. The first-order valence-electron chi connectivity index (χ1n) is 9.44. The summed E-state index contributed by atoms with van der Waals surface area (Å²) in [4.78, 5) is 12.7. The minimum Gasteiger partial charge on any atom is -0.508 e.